The lowest BCUT2D eigenvalue weighted by atomic mass is 9.95. The van der Waals surface area contributed by atoms with Crippen molar-refractivity contribution in [1.82, 2.24) is 20.2 Å². The number of nitriles is 1. The molecule has 7 rings (SSSR count). The number of hydrogen-bond acceptors (Lipinski definition) is 9. The van der Waals surface area contributed by atoms with Crippen LogP contribution < -0.4 is 20.5 Å². The molecule has 0 aliphatic carbocycles. The number of fused-ring (bicyclic) bond motifs is 3. The highest BCUT2D eigenvalue weighted by Gasteiger charge is 2.49. The number of nitrogens with one attached hydrogen (secondary N) is 1. The summed E-state index contributed by atoms with van der Waals surface area (Å²) < 4.78 is 73.4. The lowest BCUT2D eigenvalue weighted by Gasteiger charge is -2.30. The first-order valence-electron chi connectivity index (χ1n) is 13.8. The summed E-state index contributed by atoms with van der Waals surface area (Å²) in [5, 5.41) is 12.9. The van der Waals surface area contributed by atoms with Crippen LogP contribution in [-0.4, -0.2) is 65.5 Å². The van der Waals surface area contributed by atoms with Crippen molar-refractivity contribution in [3.8, 4) is 29.1 Å². The number of anilines is 1. The number of hydrogen-bond donors (Lipinski definition) is 2. The number of aromatic nitrogens is 2. The maximum Gasteiger partial charge on any atom is 0.320 e. The molecule has 0 bridgehead atoms. The first kappa shape index (κ1) is 27.1. The predicted molar refractivity (Wildman–Crippen MR) is 150 cm³/mol. The SMILES string of the molecule is N#Cc1c(N)sc2c(F)ccc(-c3c(F)cc4c(O[C@@H]5CCNC5)nc(OC[C@@]56CCCN5C[C@H](F)C6)nc4c3F)c12. The molecule has 2 aromatic carbocycles. The molecule has 3 atom stereocenters. The van der Waals surface area contributed by atoms with Gasteiger partial charge in [0.15, 0.2) is 5.82 Å². The number of nitrogen functional groups attached to an aromatic ring is 1. The molecule has 0 radical (unpaired) electrons. The molecule has 3 aliphatic rings. The lowest BCUT2D eigenvalue weighted by Crippen LogP contribution is -2.43. The Hall–Kier alpha value is -3.73. The highest BCUT2D eigenvalue weighted by molar-refractivity contribution is 7.23. The van der Waals surface area contributed by atoms with Crippen LogP contribution in [0.4, 0.5) is 22.6 Å². The van der Waals surface area contributed by atoms with Crippen LogP contribution in [0.25, 0.3) is 32.1 Å². The van der Waals surface area contributed by atoms with Gasteiger partial charge in [0, 0.05) is 24.9 Å². The summed E-state index contributed by atoms with van der Waals surface area (Å²) in [5.74, 6) is -2.70. The Labute approximate surface area is 242 Å². The molecule has 5 heterocycles. The molecule has 0 amide bonds. The fraction of sp³-hybridized carbons (Fsp3) is 0.414. The van der Waals surface area contributed by atoms with Crippen LogP contribution in [0.3, 0.4) is 0 Å². The fourth-order valence-corrected chi connectivity index (χ4v) is 7.54. The first-order chi connectivity index (χ1) is 20.3. The standard InChI is InChI=1S/C29H26F4N6O2S/c30-14-9-29(5-1-7-39(29)12-14)13-40-28-37-24-17(27(38-28)41-15-4-6-36-11-15)8-20(32)22(23(24)33)16-2-3-19(31)25-21(16)18(10-34)26(35)42-25/h2-3,8,14-15,36H,1,4-7,9,11-13,35H2/t14-,15-,29+/m1/s1. The first-order valence-corrected chi connectivity index (χ1v) is 14.6. The summed E-state index contributed by atoms with van der Waals surface area (Å²) in [6, 6.07) is 5.13. The van der Waals surface area contributed by atoms with Crippen LogP contribution in [-0.2, 0) is 0 Å². The number of alkyl halides is 1. The van der Waals surface area contributed by atoms with E-state index in [0.29, 0.717) is 25.9 Å². The second kappa shape index (κ2) is 10.2. The third-order valence-corrected chi connectivity index (χ3v) is 9.58. The molecule has 2 aromatic heterocycles. The molecule has 3 fully saturated rings. The largest absolute Gasteiger partial charge is 0.472 e. The van der Waals surface area contributed by atoms with Crippen LogP contribution in [0.5, 0.6) is 11.9 Å². The molecule has 0 unspecified atom stereocenters. The zero-order valence-corrected chi connectivity index (χ0v) is 23.2. The maximum absolute atomic E-state index is 16.5. The number of halogens is 4. The molecular formula is C29H26F4N6O2S. The van der Waals surface area contributed by atoms with Gasteiger partial charge in [-0.05, 0) is 50.0 Å². The summed E-state index contributed by atoms with van der Waals surface area (Å²) in [6.45, 7) is 2.47. The highest BCUT2D eigenvalue weighted by atomic mass is 32.1. The van der Waals surface area contributed by atoms with Gasteiger partial charge in [-0.1, -0.05) is 6.07 Å². The second-order valence-corrected chi connectivity index (χ2v) is 12.2. The van der Waals surface area contributed by atoms with Gasteiger partial charge >= 0.3 is 6.01 Å². The van der Waals surface area contributed by atoms with Gasteiger partial charge in [0.05, 0.1) is 26.8 Å². The molecule has 0 spiro atoms. The van der Waals surface area contributed by atoms with E-state index < -0.39 is 34.7 Å². The number of thiophene rings is 1. The van der Waals surface area contributed by atoms with Crippen molar-refractivity contribution in [2.75, 3.05) is 38.5 Å². The zero-order valence-electron chi connectivity index (χ0n) is 22.4. The van der Waals surface area contributed by atoms with Crippen LogP contribution >= 0.6 is 11.3 Å². The van der Waals surface area contributed by atoms with E-state index in [0.717, 1.165) is 49.4 Å². The number of nitrogens with zero attached hydrogens (tertiary/aromatic N) is 4. The van der Waals surface area contributed by atoms with E-state index in [2.05, 4.69) is 20.2 Å². The van der Waals surface area contributed by atoms with E-state index in [9.17, 15) is 14.0 Å². The van der Waals surface area contributed by atoms with Crippen molar-refractivity contribution < 1.29 is 27.0 Å². The number of nitrogens with two attached hydrogens (primary N) is 1. The molecule has 3 aliphatic heterocycles. The maximum atomic E-state index is 16.5. The molecule has 8 nitrogen and oxygen atoms in total. The van der Waals surface area contributed by atoms with Gasteiger partial charge in [0.2, 0.25) is 5.88 Å². The van der Waals surface area contributed by atoms with Gasteiger partial charge < -0.3 is 20.5 Å². The third-order valence-electron chi connectivity index (χ3n) is 8.55. The number of benzene rings is 2. The normalized spacial score (nSPS) is 24.0. The van der Waals surface area contributed by atoms with E-state index in [4.69, 9.17) is 15.2 Å². The fourth-order valence-electron chi connectivity index (χ4n) is 6.59. The van der Waals surface area contributed by atoms with Crippen molar-refractivity contribution in [3.63, 3.8) is 0 Å². The molecular weight excluding hydrogens is 572 g/mol. The highest BCUT2D eigenvalue weighted by Crippen LogP contribution is 2.44. The summed E-state index contributed by atoms with van der Waals surface area (Å²) in [6.07, 6.45) is 1.43. The van der Waals surface area contributed by atoms with Crippen LogP contribution in [0, 0.1) is 28.8 Å². The van der Waals surface area contributed by atoms with Crippen molar-refractivity contribution in [1.29, 1.82) is 5.26 Å². The topological polar surface area (TPSA) is 109 Å². The van der Waals surface area contributed by atoms with Gasteiger partial charge in [-0.2, -0.15) is 15.2 Å². The summed E-state index contributed by atoms with van der Waals surface area (Å²) >= 11 is 0.836. The number of ether oxygens (including phenoxy) is 2. The quantitative estimate of drug-likeness (QED) is 0.296. The van der Waals surface area contributed by atoms with Crippen LogP contribution in [0.15, 0.2) is 18.2 Å². The van der Waals surface area contributed by atoms with Gasteiger partial charge in [-0.15, -0.1) is 11.3 Å². The number of rotatable bonds is 6. The smallest absolute Gasteiger partial charge is 0.320 e. The van der Waals surface area contributed by atoms with E-state index in [1.807, 2.05) is 6.07 Å². The Balaban J connectivity index is 1.37. The van der Waals surface area contributed by atoms with E-state index >= 15 is 8.78 Å². The molecule has 3 saturated heterocycles. The Morgan fingerprint density at radius 2 is 2.10 bits per heavy atom. The molecule has 0 saturated carbocycles. The summed E-state index contributed by atoms with van der Waals surface area (Å²) in [5.41, 5.74) is 4.62. The second-order valence-electron chi connectivity index (χ2n) is 11.1. The van der Waals surface area contributed by atoms with Gasteiger partial charge in [-0.3, -0.25) is 4.90 Å². The lowest BCUT2D eigenvalue weighted by molar-refractivity contribution is 0.106. The van der Waals surface area contributed by atoms with Gasteiger partial charge in [0.1, 0.15) is 47.1 Å². The summed E-state index contributed by atoms with van der Waals surface area (Å²) in [7, 11) is 0. The van der Waals surface area contributed by atoms with Crippen molar-refractivity contribution in [3.05, 3.63) is 41.2 Å². The minimum absolute atomic E-state index is 0.00189. The van der Waals surface area contributed by atoms with Crippen molar-refractivity contribution >= 4 is 37.3 Å². The average Bonchev–Trinajstić information content (AvgIpc) is 3.73. The van der Waals surface area contributed by atoms with E-state index in [-0.39, 0.29) is 61.7 Å². The Morgan fingerprint density at radius 1 is 1.24 bits per heavy atom. The summed E-state index contributed by atoms with van der Waals surface area (Å²) in [4.78, 5) is 10.8. The Morgan fingerprint density at radius 3 is 2.88 bits per heavy atom. The monoisotopic (exact) mass is 598 g/mol. The zero-order chi connectivity index (χ0) is 29.2. The molecule has 42 heavy (non-hydrogen) atoms. The van der Waals surface area contributed by atoms with E-state index in [1.165, 1.54) is 6.07 Å². The average molecular weight is 599 g/mol. The Kier molecular flexibility index (Phi) is 6.60. The predicted octanol–water partition coefficient (Wildman–Crippen LogP) is 5.08. The molecule has 3 N–H and O–H groups in total. The molecule has 4 aromatic rings. The third kappa shape index (κ3) is 4.31. The van der Waals surface area contributed by atoms with Crippen molar-refractivity contribution in [2.45, 2.75) is 43.5 Å². The van der Waals surface area contributed by atoms with Crippen molar-refractivity contribution in [2.24, 2.45) is 0 Å². The molecule has 218 valence electrons. The Bertz CT molecular complexity index is 1770. The minimum atomic E-state index is -1.04. The van der Waals surface area contributed by atoms with E-state index in [1.54, 1.807) is 0 Å². The van der Waals surface area contributed by atoms with Crippen LogP contribution in [0.1, 0.15) is 31.2 Å². The van der Waals surface area contributed by atoms with Crippen LogP contribution in [0.2, 0.25) is 0 Å². The molecule has 13 heteroatoms. The van der Waals surface area contributed by atoms with Gasteiger partial charge in [-0.25, -0.2) is 17.6 Å². The minimum Gasteiger partial charge on any atom is -0.472 e. The van der Waals surface area contributed by atoms with Gasteiger partial charge in [0.25, 0.3) is 0 Å².